The van der Waals surface area contributed by atoms with Crippen LogP contribution in [0.2, 0.25) is 0 Å². The van der Waals surface area contributed by atoms with Gasteiger partial charge in [0.1, 0.15) is 0 Å². The number of carbonyl (C=O) groups excluding carboxylic acids is 2. The number of para-hydroxylation sites is 1. The summed E-state index contributed by atoms with van der Waals surface area (Å²) < 4.78 is 0. The van der Waals surface area contributed by atoms with E-state index in [0.717, 1.165) is 11.1 Å². The van der Waals surface area contributed by atoms with Gasteiger partial charge in [-0.15, -0.1) is 0 Å². The maximum Gasteiger partial charge on any atom is 0.225 e. The van der Waals surface area contributed by atoms with Gasteiger partial charge in [-0.25, -0.2) is 0 Å². The third-order valence-corrected chi connectivity index (χ3v) is 4.75. The predicted molar refractivity (Wildman–Crippen MR) is 97.6 cm³/mol. The molecule has 0 unspecified atom stereocenters. The van der Waals surface area contributed by atoms with Crippen molar-refractivity contribution in [2.45, 2.75) is 12.5 Å². The lowest BCUT2D eigenvalue weighted by atomic mass is 9.78. The molecule has 0 N–H and O–H groups in total. The van der Waals surface area contributed by atoms with Crippen LogP contribution in [-0.4, -0.2) is 11.7 Å². The molecule has 3 aromatic rings. The topological polar surface area (TPSA) is 37.4 Å². The maximum atomic E-state index is 13.6. The molecule has 1 aliphatic rings. The zero-order chi connectivity index (χ0) is 17.4. The Kier molecular flexibility index (Phi) is 3.50. The fourth-order valence-corrected chi connectivity index (χ4v) is 3.79. The summed E-state index contributed by atoms with van der Waals surface area (Å²) in [5.74, 6) is -0.235. The van der Waals surface area contributed by atoms with Crippen LogP contribution in [0.25, 0.3) is 0 Å². The molecule has 25 heavy (non-hydrogen) atoms. The second kappa shape index (κ2) is 5.71. The number of rotatable bonds is 2. The highest BCUT2D eigenvalue weighted by Crippen LogP contribution is 2.48. The highest BCUT2D eigenvalue weighted by Gasteiger charge is 2.55. The molecule has 0 fully saturated rings. The van der Waals surface area contributed by atoms with Gasteiger partial charge in [-0.3, -0.25) is 14.5 Å². The van der Waals surface area contributed by atoms with Crippen molar-refractivity contribution in [2.24, 2.45) is 0 Å². The summed E-state index contributed by atoms with van der Waals surface area (Å²) in [5.41, 5.74) is 1.64. The number of carbonyl (C=O) groups is 2. The van der Waals surface area contributed by atoms with Gasteiger partial charge in [-0.2, -0.15) is 0 Å². The van der Waals surface area contributed by atoms with Crippen molar-refractivity contribution in [1.29, 1.82) is 0 Å². The second-order valence-electron chi connectivity index (χ2n) is 6.14. The van der Waals surface area contributed by atoms with Gasteiger partial charge in [0.25, 0.3) is 0 Å². The Balaban J connectivity index is 2.11. The summed E-state index contributed by atoms with van der Waals surface area (Å²) in [7, 11) is 0. The minimum atomic E-state index is -1.17. The minimum absolute atomic E-state index is 0.0734. The Bertz CT molecular complexity index is 909. The molecule has 0 bridgehead atoms. The molecule has 0 aliphatic carbocycles. The van der Waals surface area contributed by atoms with Crippen LogP contribution in [0.15, 0.2) is 84.9 Å². The van der Waals surface area contributed by atoms with E-state index in [9.17, 15) is 9.59 Å². The first-order chi connectivity index (χ1) is 12.2. The van der Waals surface area contributed by atoms with Gasteiger partial charge < -0.3 is 0 Å². The molecule has 0 aromatic heterocycles. The first-order valence-corrected chi connectivity index (χ1v) is 8.23. The van der Waals surface area contributed by atoms with Crippen molar-refractivity contribution >= 4 is 17.4 Å². The average molecular weight is 327 g/mol. The Labute approximate surface area is 146 Å². The van der Waals surface area contributed by atoms with E-state index in [2.05, 4.69) is 0 Å². The van der Waals surface area contributed by atoms with E-state index in [-0.39, 0.29) is 11.7 Å². The highest BCUT2D eigenvalue weighted by atomic mass is 16.2. The third kappa shape index (κ3) is 2.06. The monoisotopic (exact) mass is 327 g/mol. The lowest BCUT2D eigenvalue weighted by Crippen LogP contribution is -2.50. The van der Waals surface area contributed by atoms with E-state index < -0.39 is 5.54 Å². The van der Waals surface area contributed by atoms with Crippen LogP contribution in [0.1, 0.15) is 28.4 Å². The van der Waals surface area contributed by atoms with E-state index in [1.54, 1.807) is 11.0 Å². The van der Waals surface area contributed by atoms with Crippen LogP contribution in [0, 0.1) is 0 Å². The van der Waals surface area contributed by atoms with Gasteiger partial charge in [0.2, 0.25) is 5.91 Å². The fourth-order valence-electron chi connectivity index (χ4n) is 3.79. The predicted octanol–water partition coefficient (Wildman–Crippen LogP) is 4.18. The molecule has 4 rings (SSSR count). The molecule has 3 heteroatoms. The van der Waals surface area contributed by atoms with E-state index in [4.69, 9.17) is 0 Å². The highest BCUT2D eigenvalue weighted by molar-refractivity contribution is 6.22. The van der Waals surface area contributed by atoms with E-state index >= 15 is 0 Å². The molecule has 0 saturated carbocycles. The summed E-state index contributed by atoms with van der Waals surface area (Å²) in [6, 6.07) is 26.4. The van der Waals surface area contributed by atoms with Crippen molar-refractivity contribution < 1.29 is 9.59 Å². The third-order valence-electron chi connectivity index (χ3n) is 4.75. The summed E-state index contributed by atoms with van der Waals surface area (Å²) >= 11 is 0. The van der Waals surface area contributed by atoms with Crippen LogP contribution in [0.3, 0.4) is 0 Å². The summed E-state index contributed by atoms with van der Waals surface area (Å²) in [4.78, 5) is 28.0. The standard InChI is InChI=1S/C22H17NO2/c1-16(24)23-20-15-9-8-14-19(20)21(25)22(23,17-10-4-2-5-11-17)18-12-6-3-7-13-18/h2-15H,1H3. The Morgan fingerprint density at radius 2 is 1.24 bits per heavy atom. The van der Waals surface area contributed by atoms with Crippen LogP contribution in [0.4, 0.5) is 5.69 Å². The molecular weight excluding hydrogens is 310 g/mol. The van der Waals surface area contributed by atoms with Gasteiger partial charge in [-0.1, -0.05) is 72.8 Å². The Morgan fingerprint density at radius 3 is 1.76 bits per heavy atom. The van der Waals surface area contributed by atoms with Crippen LogP contribution in [-0.2, 0) is 10.3 Å². The average Bonchev–Trinajstić information content (AvgIpc) is 2.93. The zero-order valence-electron chi connectivity index (χ0n) is 13.8. The van der Waals surface area contributed by atoms with Gasteiger partial charge in [-0.05, 0) is 23.3 Å². The number of anilines is 1. The molecule has 0 radical (unpaired) electrons. The smallest absolute Gasteiger partial charge is 0.225 e. The zero-order valence-corrected chi connectivity index (χ0v) is 13.8. The minimum Gasteiger partial charge on any atom is -0.291 e. The number of hydrogen-bond acceptors (Lipinski definition) is 2. The van der Waals surface area contributed by atoms with Crippen molar-refractivity contribution in [1.82, 2.24) is 0 Å². The fraction of sp³-hybridized carbons (Fsp3) is 0.0909. The van der Waals surface area contributed by atoms with Crippen molar-refractivity contribution in [2.75, 3.05) is 4.90 Å². The van der Waals surface area contributed by atoms with Crippen LogP contribution < -0.4 is 4.90 Å². The molecule has 1 aliphatic heterocycles. The molecule has 122 valence electrons. The first-order valence-electron chi connectivity index (χ1n) is 8.23. The molecule has 0 atom stereocenters. The summed E-state index contributed by atoms with van der Waals surface area (Å²) in [5, 5.41) is 0. The summed E-state index contributed by atoms with van der Waals surface area (Å²) in [6.07, 6.45) is 0. The van der Waals surface area contributed by atoms with Gasteiger partial charge in [0, 0.05) is 12.5 Å². The quantitative estimate of drug-likeness (QED) is 0.708. The van der Waals surface area contributed by atoms with E-state index in [0.29, 0.717) is 11.3 Å². The lowest BCUT2D eigenvalue weighted by Gasteiger charge is -2.37. The second-order valence-corrected chi connectivity index (χ2v) is 6.14. The SMILES string of the molecule is CC(=O)N1c2ccccc2C(=O)C1(c1ccccc1)c1ccccc1. The van der Waals surface area contributed by atoms with Crippen molar-refractivity contribution in [3.05, 3.63) is 102 Å². The molecule has 1 amide bonds. The number of hydrogen-bond donors (Lipinski definition) is 0. The molecular formula is C22H17NO2. The Hall–Kier alpha value is -3.20. The van der Waals surface area contributed by atoms with Gasteiger partial charge in [0.05, 0.1) is 5.69 Å². The van der Waals surface area contributed by atoms with Gasteiger partial charge >= 0.3 is 0 Å². The number of fused-ring (bicyclic) bond motifs is 1. The van der Waals surface area contributed by atoms with Crippen LogP contribution in [0.5, 0.6) is 0 Å². The molecule has 3 nitrogen and oxygen atoms in total. The van der Waals surface area contributed by atoms with Crippen LogP contribution >= 0.6 is 0 Å². The summed E-state index contributed by atoms with van der Waals surface area (Å²) in [6.45, 7) is 1.51. The Morgan fingerprint density at radius 1 is 0.760 bits per heavy atom. The van der Waals surface area contributed by atoms with E-state index in [1.807, 2.05) is 78.9 Å². The lowest BCUT2D eigenvalue weighted by molar-refractivity contribution is -0.117. The number of Topliss-reactive ketones (excluding diaryl/α,β-unsaturated/α-hetero) is 1. The maximum absolute atomic E-state index is 13.6. The van der Waals surface area contributed by atoms with E-state index in [1.165, 1.54) is 6.92 Å². The van der Waals surface area contributed by atoms with Crippen molar-refractivity contribution in [3.8, 4) is 0 Å². The molecule has 1 heterocycles. The normalized spacial score (nSPS) is 15.1. The van der Waals surface area contributed by atoms with Gasteiger partial charge in [0.15, 0.2) is 11.3 Å². The number of ketones is 1. The van der Waals surface area contributed by atoms with Crippen molar-refractivity contribution in [3.63, 3.8) is 0 Å². The molecule has 3 aromatic carbocycles. The number of benzene rings is 3. The molecule has 0 saturated heterocycles. The number of amides is 1. The largest absolute Gasteiger partial charge is 0.291 e. The molecule has 0 spiro atoms. The number of nitrogens with zero attached hydrogens (tertiary/aromatic N) is 1. The first kappa shape index (κ1) is 15.3.